The number of carbonyl (C=O) groups excluding carboxylic acids is 1. The van der Waals surface area contributed by atoms with Crippen LogP contribution in [0.4, 0.5) is 0 Å². The van der Waals surface area contributed by atoms with E-state index in [0.29, 0.717) is 37.8 Å². The normalized spacial score (nSPS) is 14.7. The number of carbonyl (C=O) groups is 1. The van der Waals surface area contributed by atoms with E-state index in [0.717, 1.165) is 31.4 Å². The molecular weight excluding hydrogens is 441 g/mol. The van der Waals surface area contributed by atoms with Gasteiger partial charge in [-0.1, -0.05) is 66.2 Å². The number of rotatable bonds is 4. The minimum atomic E-state index is -0.170. The zero-order chi connectivity index (χ0) is 21.3. The van der Waals surface area contributed by atoms with Crippen LogP contribution in [0.5, 0.6) is 0 Å². The topological polar surface area (TPSA) is 46.9 Å². The fourth-order valence-electron chi connectivity index (χ4n) is 4.00. The molecule has 0 spiro atoms. The fourth-order valence-corrected chi connectivity index (χ4v) is 4.71. The molecule has 0 bridgehead atoms. The first-order valence-electron chi connectivity index (χ1n) is 10.1. The first-order chi connectivity index (χ1) is 14.5. The Balaban J connectivity index is 1.83. The second-order valence-electron chi connectivity index (χ2n) is 7.59. The van der Waals surface area contributed by atoms with Crippen molar-refractivity contribution >= 4 is 40.7 Å². The van der Waals surface area contributed by atoms with Crippen LogP contribution in [0.1, 0.15) is 48.3 Å². The first kappa shape index (κ1) is 21.2. The zero-order valence-electron chi connectivity index (χ0n) is 16.6. The van der Waals surface area contributed by atoms with Crippen LogP contribution in [-0.2, 0) is 0 Å². The summed E-state index contributed by atoms with van der Waals surface area (Å²) in [6, 6.07) is 12.9. The highest BCUT2D eigenvalue weighted by atomic mass is 35.5. The average Bonchev–Trinajstić information content (AvgIpc) is 3.06. The summed E-state index contributed by atoms with van der Waals surface area (Å²) in [7, 11) is 0. The van der Waals surface area contributed by atoms with E-state index in [-0.39, 0.29) is 11.9 Å². The minimum Gasteiger partial charge on any atom is -0.348 e. The van der Waals surface area contributed by atoms with Crippen molar-refractivity contribution in [3.05, 3.63) is 68.9 Å². The molecule has 0 unspecified atom stereocenters. The van der Waals surface area contributed by atoms with Crippen LogP contribution < -0.4 is 5.32 Å². The van der Waals surface area contributed by atoms with E-state index in [1.165, 1.54) is 6.42 Å². The zero-order valence-corrected chi connectivity index (χ0v) is 18.9. The molecule has 4 rings (SSSR count). The summed E-state index contributed by atoms with van der Waals surface area (Å²) in [6.45, 7) is 1.87. The Hall–Kier alpha value is -2.01. The Kier molecular flexibility index (Phi) is 6.37. The van der Waals surface area contributed by atoms with Crippen molar-refractivity contribution in [1.82, 2.24) is 14.9 Å². The lowest BCUT2D eigenvalue weighted by Crippen LogP contribution is -2.36. The SMILES string of the molecule is Cc1c(C(=O)NC2CCCCC2)nc(-c2ccc(Cl)cc2Cl)n1-c1ccccc1Cl. The van der Waals surface area contributed by atoms with Gasteiger partial charge in [-0.2, -0.15) is 0 Å². The summed E-state index contributed by atoms with van der Waals surface area (Å²) in [4.78, 5) is 17.8. The van der Waals surface area contributed by atoms with Crippen molar-refractivity contribution in [1.29, 1.82) is 0 Å². The maximum absolute atomic E-state index is 13.1. The smallest absolute Gasteiger partial charge is 0.272 e. The van der Waals surface area contributed by atoms with Crippen molar-refractivity contribution in [2.24, 2.45) is 0 Å². The molecule has 0 saturated heterocycles. The van der Waals surface area contributed by atoms with Gasteiger partial charge < -0.3 is 5.32 Å². The van der Waals surface area contributed by atoms with E-state index in [4.69, 9.17) is 39.8 Å². The number of benzene rings is 2. The molecule has 0 atom stereocenters. The summed E-state index contributed by atoms with van der Waals surface area (Å²) in [5, 5.41) is 4.71. The Morgan fingerprint density at radius 3 is 2.47 bits per heavy atom. The molecule has 0 radical (unpaired) electrons. The average molecular weight is 463 g/mol. The van der Waals surface area contributed by atoms with E-state index >= 15 is 0 Å². The van der Waals surface area contributed by atoms with Gasteiger partial charge in [-0.15, -0.1) is 0 Å². The second-order valence-corrected chi connectivity index (χ2v) is 8.84. The Morgan fingerprint density at radius 1 is 1.03 bits per heavy atom. The van der Waals surface area contributed by atoms with E-state index in [1.807, 2.05) is 41.8 Å². The monoisotopic (exact) mass is 461 g/mol. The lowest BCUT2D eigenvalue weighted by atomic mass is 9.95. The summed E-state index contributed by atoms with van der Waals surface area (Å²) < 4.78 is 1.88. The summed E-state index contributed by atoms with van der Waals surface area (Å²) in [5.74, 6) is 0.382. The minimum absolute atomic E-state index is 0.170. The van der Waals surface area contributed by atoms with Crippen LogP contribution in [0, 0.1) is 6.92 Å². The molecule has 1 heterocycles. The molecule has 1 aromatic heterocycles. The highest BCUT2D eigenvalue weighted by Gasteiger charge is 2.25. The maximum atomic E-state index is 13.1. The molecule has 3 aromatic rings. The van der Waals surface area contributed by atoms with Crippen molar-refractivity contribution in [2.75, 3.05) is 0 Å². The molecular formula is C23H22Cl3N3O. The molecule has 1 aliphatic carbocycles. The Morgan fingerprint density at radius 2 is 1.77 bits per heavy atom. The number of aromatic nitrogens is 2. The van der Waals surface area contributed by atoms with Crippen LogP contribution in [0.3, 0.4) is 0 Å². The highest BCUT2D eigenvalue weighted by molar-refractivity contribution is 6.36. The van der Waals surface area contributed by atoms with Gasteiger partial charge >= 0.3 is 0 Å². The van der Waals surface area contributed by atoms with E-state index in [2.05, 4.69) is 5.32 Å². The van der Waals surface area contributed by atoms with E-state index in [1.54, 1.807) is 12.1 Å². The number of hydrogen-bond acceptors (Lipinski definition) is 2. The largest absolute Gasteiger partial charge is 0.348 e. The second kappa shape index (κ2) is 9.01. The Bertz CT molecular complexity index is 1090. The summed E-state index contributed by atoms with van der Waals surface area (Å²) in [6.07, 6.45) is 5.52. The molecule has 4 nitrogen and oxygen atoms in total. The Labute approximate surface area is 191 Å². The first-order valence-corrected chi connectivity index (χ1v) is 11.2. The molecule has 1 fully saturated rings. The molecule has 1 saturated carbocycles. The van der Waals surface area contributed by atoms with Crippen molar-refractivity contribution in [3.8, 4) is 17.1 Å². The molecule has 0 aliphatic heterocycles. The number of nitrogens with one attached hydrogen (secondary N) is 1. The molecule has 156 valence electrons. The van der Waals surface area contributed by atoms with Crippen molar-refractivity contribution in [3.63, 3.8) is 0 Å². The number of amides is 1. The third-order valence-corrected chi connectivity index (χ3v) is 6.40. The van der Waals surface area contributed by atoms with Gasteiger partial charge in [0, 0.05) is 16.6 Å². The number of nitrogens with zero attached hydrogens (tertiary/aromatic N) is 2. The number of para-hydroxylation sites is 1. The molecule has 1 amide bonds. The lowest BCUT2D eigenvalue weighted by Gasteiger charge is -2.22. The van der Waals surface area contributed by atoms with E-state index < -0.39 is 0 Å². The summed E-state index contributed by atoms with van der Waals surface area (Å²) in [5.41, 5.74) is 2.50. The van der Waals surface area contributed by atoms with Crippen LogP contribution in [-0.4, -0.2) is 21.5 Å². The van der Waals surface area contributed by atoms with E-state index in [9.17, 15) is 4.79 Å². The molecule has 1 aliphatic rings. The van der Waals surface area contributed by atoms with Gasteiger partial charge in [0.1, 0.15) is 11.5 Å². The van der Waals surface area contributed by atoms with Crippen LogP contribution in [0.15, 0.2) is 42.5 Å². The predicted octanol–water partition coefficient (Wildman–Crippen LogP) is 6.87. The number of imidazole rings is 1. The van der Waals surface area contributed by atoms with Crippen LogP contribution in [0.25, 0.3) is 17.1 Å². The van der Waals surface area contributed by atoms with Gasteiger partial charge in [-0.25, -0.2) is 4.98 Å². The molecule has 30 heavy (non-hydrogen) atoms. The molecule has 2 aromatic carbocycles. The standard InChI is InChI=1S/C23H22Cl3N3O/c1-14-21(23(30)27-16-7-3-2-4-8-16)28-22(17-12-11-15(24)13-19(17)26)29(14)20-10-6-5-9-18(20)25/h5-6,9-13,16H,2-4,7-8H2,1H3,(H,27,30). The van der Waals surface area contributed by atoms with Gasteiger partial charge in [0.15, 0.2) is 0 Å². The third-order valence-electron chi connectivity index (χ3n) is 5.53. The van der Waals surface area contributed by atoms with Gasteiger partial charge in [-0.3, -0.25) is 9.36 Å². The van der Waals surface area contributed by atoms with Gasteiger partial charge in [0.25, 0.3) is 5.91 Å². The quantitative estimate of drug-likeness (QED) is 0.460. The molecule has 7 heteroatoms. The van der Waals surface area contributed by atoms with Gasteiger partial charge in [0.2, 0.25) is 0 Å². The van der Waals surface area contributed by atoms with Crippen LogP contribution >= 0.6 is 34.8 Å². The number of halogens is 3. The predicted molar refractivity (Wildman–Crippen MR) is 123 cm³/mol. The highest BCUT2D eigenvalue weighted by Crippen LogP contribution is 2.35. The summed E-state index contributed by atoms with van der Waals surface area (Å²) >= 11 is 19.1. The van der Waals surface area contributed by atoms with Crippen LogP contribution in [0.2, 0.25) is 15.1 Å². The molecule has 1 N–H and O–H groups in total. The van der Waals surface area contributed by atoms with Crippen molar-refractivity contribution in [2.45, 2.75) is 45.1 Å². The fraction of sp³-hybridized carbons (Fsp3) is 0.304. The number of hydrogen-bond donors (Lipinski definition) is 1. The third kappa shape index (κ3) is 4.22. The van der Waals surface area contributed by atoms with Crippen molar-refractivity contribution < 1.29 is 4.79 Å². The lowest BCUT2D eigenvalue weighted by molar-refractivity contribution is 0.0922. The van der Waals surface area contributed by atoms with Gasteiger partial charge in [-0.05, 0) is 50.1 Å². The maximum Gasteiger partial charge on any atom is 0.272 e. The van der Waals surface area contributed by atoms with Gasteiger partial charge in [0.05, 0.1) is 21.4 Å².